The minimum Gasteiger partial charge on any atom is -0.370 e. The standard InChI is InChI=1S/C20H29N5S2.HI/c1-4-21-20(23-14-19-15(2)24-16(3)27-19)22-13-17-5-7-18(8-6-17)25-9-11-26-12-10-25;/h5-8H,4,9-14H2,1-3H3,(H2,21,22,23);1H. The van der Waals surface area contributed by atoms with E-state index < -0.39 is 0 Å². The van der Waals surface area contributed by atoms with Gasteiger partial charge in [0.05, 0.1) is 23.8 Å². The molecule has 0 bridgehead atoms. The van der Waals surface area contributed by atoms with E-state index in [2.05, 4.69) is 58.6 Å². The third-order valence-electron chi connectivity index (χ3n) is 4.49. The molecule has 2 heterocycles. The molecule has 3 rings (SSSR count). The molecule has 28 heavy (non-hydrogen) atoms. The first kappa shape index (κ1) is 23.3. The molecular weight excluding hydrogens is 501 g/mol. The third-order valence-corrected chi connectivity index (χ3v) is 6.51. The lowest BCUT2D eigenvalue weighted by molar-refractivity contribution is 0.818. The maximum Gasteiger partial charge on any atom is 0.191 e. The lowest BCUT2D eigenvalue weighted by Gasteiger charge is -2.28. The lowest BCUT2D eigenvalue weighted by atomic mass is 10.2. The number of hydrogen-bond donors (Lipinski definition) is 2. The number of guanidine groups is 1. The van der Waals surface area contributed by atoms with Gasteiger partial charge in [0.15, 0.2) is 5.96 Å². The van der Waals surface area contributed by atoms with Crippen LogP contribution in [0.2, 0.25) is 0 Å². The van der Waals surface area contributed by atoms with Crippen LogP contribution in [0.15, 0.2) is 29.3 Å². The quantitative estimate of drug-likeness (QED) is 0.333. The summed E-state index contributed by atoms with van der Waals surface area (Å²) in [5, 5.41) is 7.86. The summed E-state index contributed by atoms with van der Waals surface area (Å²) in [6.45, 7) is 10.8. The Hall–Kier alpha value is -1.00. The van der Waals surface area contributed by atoms with Crippen LogP contribution in [0.1, 0.15) is 28.1 Å². The SMILES string of the molecule is CCNC(=NCc1ccc(N2CCSCC2)cc1)NCc1sc(C)nc1C.I. The topological polar surface area (TPSA) is 52.6 Å². The minimum atomic E-state index is 0. The number of aromatic nitrogens is 1. The van der Waals surface area contributed by atoms with Crippen LogP contribution in [0.25, 0.3) is 0 Å². The normalized spacial score (nSPS) is 14.5. The highest BCUT2D eigenvalue weighted by Crippen LogP contribution is 2.20. The number of aliphatic imine (C=N–C) groups is 1. The van der Waals surface area contributed by atoms with Crippen molar-refractivity contribution in [2.75, 3.05) is 36.0 Å². The second-order valence-electron chi connectivity index (χ2n) is 6.56. The zero-order valence-electron chi connectivity index (χ0n) is 16.8. The summed E-state index contributed by atoms with van der Waals surface area (Å²) in [6, 6.07) is 8.84. The summed E-state index contributed by atoms with van der Waals surface area (Å²) >= 11 is 3.78. The van der Waals surface area contributed by atoms with Crippen molar-refractivity contribution in [1.82, 2.24) is 15.6 Å². The van der Waals surface area contributed by atoms with Crippen LogP contribution < -0.4 is 15.5 Å². The van der Waals surface area contributed by atoms with Crippen molar-refractivity contribution in [1.29, 1.82) is 0 Å². The predicted octanol–water partition coefficient (Wildman–Crippen LogP) is 4.19. The molecule has 2 N–H and O–H groups in total. The second kappa shape index (κ2) is 11.9. The first-order valence-corrected chi connectivity index (χ1v) is 11.5. The maximum absolute atomic E-state index is 4.74. The minimum absolute atomic E-state index is 0. The van der Waals surface area contributed by atoms with Crippen LogP contribution in [0.5, 0.6) is 0 Å². The Morgan fingerprint density at radius 3 is 2.46 bits per heavy atom. The van der Waals surface area contributed by atoms with E-state index in [4.69, 9.17) is 4.99 Å². The number of hydrogen-bond acceptors (Lipinski definition) is 5. The summed E-state index contributed by atoms with van der Waals surface area (Å²) in [7, 11) is 0. The lowest BCUT2D eigenvalue weighted by Crippen LogP contribution is -2.36. The molecule has 0 unspecified atom stereocenters. The first-order valence-electron chi connectivity index (χ1n) is 9.52. The van der Waals surface area contributed by atoms with Crippen molar-refractivity contribution in [3.8, 4) is 0 Å². The molecule has 5 nitrogen and oxygen atoms in total. The van der Waals surface area contributed by atoms with Gasteiger partial charge in [-0.05, 0) is 38.5 Å². The van der Waals surface area contributed by atoms with Crippen molar-refractivity contribution < 1.29 is 0 Å². The van der Waals surface area contributed by atoms with E-state index in [0.29, 0.717) is 6.54 Å². The Morgan fingerprint density at radius 2 is 1.86 bits per heavy atom. The zero-order valence-corrected chi connectivity index (χ0v) is 20.8. The van der Waals surface area contributed by atoms with E-state index in [1.54, 1.807) is 11.3 Å². The van der Waals surface area contributed by atoms with Gasteiger partial charge in [-0.3, -0.25) is 0 Å². The van der Waals surface area contributed by atoms with Crippen molar-refractivity contribution in [3.63, 3.8) is 0 Å². The van der Waals surface area contributed by atoms with Crippen molar-refractivity contribution in [2.24, 2.45) is 4.99 Å². The van der Waals surface area contributed by atoms with Crippen molar-refractivity contribution in [3.05, 3.63) is 45.4 Å². The summed E-state index contributed by atoms with van der Waals surface area (Å²) in [6.07, 6.45) is 0. The Balaban J connectivity index is 0.00000280. The van der Waals surface area contributed by atoms with Gasteiger partial charge in [0.1, 0.15) is 0 Å². The van der Waals surface area contributed by atoms with Crippen LogP contribution in [0.3, 0.4) is 0 Å². The summed E-state index contributed by atoms with van der Waals surface area (Å²) in [5.74, 6) is 3.30. The van der Waals surface area contributed by atoms with Crippen molar-refractivity contribution >= 4 is 58.7 Å². The predicted molar refractivity (Wildman–Crippen MR) is 135 cm³/mol. The monoisotopic (exact) mass is 531 g/mol. The molecule has 2 aromatic rings. The summed E-state index contributed by atoms with van der Waals surface area (Å²) < 4.78 is 0. The van der Waals surface area contributed by atoms with E-state index in [-0.39, 0.29) is 24.0 Å². The Bertz CT molecular complexity index is 754. The summed E-state index contributed by atoms with van der Waals surface area (Å²) in [5.41, 5.74) is 3.66. The highest BCUT2D eigenvalue weighted by Gasteiger charge is 2.11. The summed E-state index contributed by atoms with van der Waals surface area (Å²) in [4.78, 5) is 13.0. The molecule has 1 saturated heterocycles. The Labute approximate surface area is 193 Å². The number of benzene rings is 1. The molecule has 1 aromatic heterocycles. The number of halogens is 1. The number of thiazole rings is 1. The molecule has 0 saturated carbocycles. The molecule has 0 radical (unpaired) electrons. The number of rotatable bonds is 6. The van der Waals surface area contributed by atoms with Gasteiger partial charge in [0.25, 0.3) is 0 Å². The van der Waals surface area contributed by atoms with E-state index >= 15 is 0 Å². The average Bonchev–Trinajstić information content (AvgIpc) is 3.02. The molecule has 0 amide bonds. The van der Waals surface area contributed by atoms with Gasteiger partial charge in [-0.15, -0.1) is 35.3 Å². The van der Waals surface area contributed by atoms with Crippen molar-refractivity contribution in [2.45, 2.75) is 33.9 Å². The van der Waals surface area contributed by atoms with Crippen LogP contribution in [0, 0.1) is 13.8 Å². The fourth-order valence-electron chi connectivity index (χ4n) is 3.05. The van der Waals surface area contributed by atoms with E-state index in [1.165, 1.54) is 27.6 Å². The smallest absolute Gasteiger partial charge is 0.191 e. The van der Waals surface area contributed by atoms with Gasteiger partial charge in [-0.25, -0.2) is 9.98 Å². The number of nitrogens with zero attached hydrogens (tertiary/aromatic N) is 3. The van der Waals surface area contributed by atoms with E-state index in [1.807, 2.05) is 18.7 Å². The molecule has 1 fully saturated rings. The second-order valence-corrected chi connectivity index (χ2v) is 9.07. The van der Waals surface area contributed by atoms with Gasteiger partial charge < -0.3 is 15.5 Å². The molecule has 1 aliphatic rings. The van der Waals surface area contributed by atoms with Crippen LogP contribution >= 0.6 is 47.1 Å². The molecule has 154 valence electrons. The zero-order chi connectivity index (χ0) is 19.1. The molecular formula is C20H30IN5S2. The number of anilines is 1. The van der Waals surface area contributed by atoms with Crippen LogP contribution in [-0.4, -0.2) is 42.1 Å². The van der Waals surface area contributed by atoms with Gasteiger partial charge in [-0.2, -0.15) is 11.8 Å². The molecule has 0 atom stereocenters. The molecule has 1 aliphatic heterocycles. The van der Waals surface area contributed by atoms with Crippen LogP contribution in [0.4, 0.5) is 5.69 Å². The highest BCUT2D eigenvalue weighted by atomic mass is 127. The van der Waals surface area contributed by atoms with Gasteiger partial charge in [0.2, 0.25) is 0 Å². The fraction of sp³-hybridized carbons (Fsp3) is 0.500. The Morgan fingerprint density at radius 1 is 1.14 bits per heavy atom. The molecule has 8 heteroatoms. The van der Waals surface area contributed by atoms with Gasteiger partial charge in [-0.1, -0.05) is 12.1 Å². The number of nitrogens with one attached hydrogen (secondary N) is 2. The Kier molecular flexibility index (Phi) is 9.87. The average molecular weight is 532 g/mol. The van der Waals surface area contributed by atoms with Gasteiger partial charge >= 0.3 is 0 Å². The van der Waals surface area contributed by atoms with E-state index in [9.17, 15) is 0 Å². The molecule has 1 aromatic carbocycles. The largest absolute Gasteiger partial charge is 0.370 e. The molecule has 0 aliphatic carbocycles. The van der Waals surface area contributed by atoms with Gasteiger partial charge in [0, 0.05) is 41.7 Å². The number of aryl methyl sites for hydroxylation is 2. The van der Waals surface area contributed by atoms with E-state index in [0.717, 1.165) is 42.8 Å². The first-order chi connectivity index (χ1) is 13.2. The fourth-order valence-corrected chi connectivity index (χ4v) is 4.83. The molecule has 0 spiro atoms. The maximum atomic E-state index is 4.74. The van der Waals surface area contributed by atoms with Crippen LogP contribution in [-0.2, 0) is 13.1 Å². The highest BCUT2D eigenvalue weighted by molar-refractivity contribution is 14.0. The third kappa shape index (κ3) is 6.81. The number of thioether (sulfide) groups is 1.